The highest BCUT2D eigenvalue weighted by Gasteiger charge is 2.19. The van der Waals surface area contributed by atoms with Gasteiger partial charge in [-0.2, -0.15) is 5.26 Å². The van der Waals surface area contributed by atoms with Gasteiger partial charge in [-0.1, -0.05) is 32.0 Å². The van der Waals surface area contributed by atoms with Crippen LogP contribution in [0.5, 0.6) is 5.75 Å². The Morgan fingerprint density at radius 1 is 1.05 bits per heavy atom. The molecule has 2 aromatic carbocycles. The number of benzene rings is 2. The first-order chi connectivity index (χ1) is 18.2. The van der Waals surface area contributed by atoms with Gasteiger partial charge in [-0.3, -0.25) is 4.98 Å². The first-order valence-electron chi connectivity index (χ1n) is 12.6. The summed E-state index contributed by atoms with van der Waals surface area (Å²) in [4.78, 5) is 16.4. The lowest BCUT2D eigenvalue weighted by atomic mass is 10.0. The monoisotopic (exact) mass is 498 g/mol. The minimum atomic E-state index is -0.356. The van der Waals surface area contributed by atoms with Crippen LogP contribution in [0, 0.1) is 11.3 Å². The molecule has 1 saturated heterocycles. The molecule has 2 aromatic heterocycles. The number of hydrogen-bond donors (Lipinski definition) is 0. The first-order valence-corrected chi connectivity index (χ1v) is 12.6. The fraction of sp³-hybridized carbons (Fsp3) is 0.300. The fourth-order valence-electron chi connectivity index (χ4n) is 4.15. The summed E-state index contributed by atoms with van der Waals surface area (Å²) in [5, 5.41) is 9.76. The van der Waals surface area contributed by atoms with E-state index in [-0.39, 0.29) is 12.1 Å². The number of aromatic nitrogens is 1. The Morgan fingerprint density at radius 2 is 1.78 bits per heavy atom. The zero-order chi connectivity index (χ0) is 26.2. The first kappa shape index (κ1) is 25.9. The molecule has 5 rings (SSSR count). The quantitative estimate of drug-likeness (QED) is 0.270. The van der Waals surface area contributed by atoms with E-state index in [4.69, 9.17) is 18.6 Å². The van der Waals surface area contributed by atoms with E-state index in [0.717, 1.165) is 29.5 Å². The Kier molecular flexibility index (Phi) is 8.55. The molecule has 1 aliphatic heterocycles. The minimum Gasteiger partial charge on any atom is -0.489 e. The largest absolute Gasteiger partial charge is 0.489 e. The molecule has 0 atom stereocenters. The molecule has 0 radical (unpaired) electrons. The van der Waals surface area contributed by atoms with E-state index in [0.29, 0.717) is 53.6 Å². The highest BCUT2D eigenvalue weighted by Crippen LogP contribution is 2.35. The van der Waals surface area contributed by atoms with Crippen LogP contribution in [0.25, 0.3) is 33.6 Å². The van der Waals surface area contributed by atoms with Gasteiger partial charge >= 0.3 is 5.97 Å². The molecule has 3 heterocycles. The number of furan rings is 1. The lowest BCUT2D eigenvalue weighted by Crippen LogP contribution is -2.26. The molecule has 7 nitrogen and oxygen atoms in total. The summed E-state index contributed by atoms with van der Waals surface area (Å²) in [6.45, 7) is 7.45. The summed E-state index contributed by atoms with van der Waals surface area (Å²) in [5.74, 6) is 0.857. The summed E-state index contributed by atoms with van der Waals surface area (Å²) in [6.07, 6.45) is 3.40. The van der Waals surface area contributed by atoms with Gasteiger partial charge < -0.3 is 18.6 Å². The van der Waals surface area contributed by atoms with Crippen molar-refractivity contribution in [1.29, 1.82) is 5.26 Å². The summed E-state index contributed by atoms with van der Waals surface area (Å²) in [5.41, 5.74) is 4.77. The number of nitriles is 1. The van der Waals surface area contributed by atoms with Gasteiger partial charge in [-0.15, -0.1) is 0 Å². The highest BCUT2D eigenvalue weighted by atomic mass is 16.5. The van der Waals surface area contributed by atoms with Crippen molar-refractivity contribution in [2.45, 2.75) is 39.7 Å². The number of carbonyl (C=O) groups is 1. The molecule has 7 heteroatoms. The van der Waals surface area contributed by atoms with Gasteiger partial charge in [0, 0.05) is 36.2 Å². The van der Waals surface area contributed by atoms with Crippen LogP contribution >= 0.6 is 0 Å². The van der Waals surface area contributed by atoms with Crippen molar-refractivity contribution in [2.24, 2.45) is 0 Å². The highest BCUT2D eigenvalue weighted by molar-refractivity contribution is 5.93. The van der Waals surface area contributed by atoms with Crippen LogP contribution in [0.4, 0.5) is 0 Å². The third kappa shape index (κ3) is 5.82. The fourth-order valence-corrected chi connectivity index (χ4v) is 4.15. The van der Waals surface area contributed by atoms with Crippen LogP contribution in [0.1, 0.15) is 49.5 Å². The van der Waals surface area contributed by atoms with Crippen LogP contribution in [0.2, 0.25) is 0 Å². The maximum Gasteiger partial charge on any atom is 0.338 e. The van der Waals surface area contributed by atoms with Gasteiger partial charge in [-0.05, 0) is 42.8 Å². The summed E-state index contributed by atoms with van der Waals surface area (Å²) in [6, 6.07) is 18.7. The molecular formula is C30H30N2O5. The average Bonchev–Trinajstić information content (AvgIpc) is 3.40. The number of fused-ring (bicyclic) bond motifs is 1. The topological polar surface area (TPSA) is 94.6 Å². The van der Waals surface area contributed by atoms with Gasteiger partial charge in [0.15, 0.2) is 5.58 Å². The number of nitrogens with zero attached hydrogens (tertiary/aromatic N) is 2. The Morgan fingerprint density at radius 3 is 2.49 bits per heavy atom. The standard InChI is InChI=1S/C28H24N2O5.C2H6/c1-2-33-28(31)19-5-3-18(4-6-19)26-16-24-27(35-26)23(9-12-30-24)20-7-8-25(21(15-20)17-29)34-22-10-13-32-14-11-22;1-2/h3-9,12,15-16,22H,2,10-11,13-14H2,1H3;1-2H3. The maximum absolute atomic E-state index is 11.9. The minimum absolute atomic E-state index is 0.0529. The van der Waals surface area contributed by atoms with E-state index >= 15 is 0 Å². The van der Waals surface area contributed by atoms with Gasteiger partial charge in [-0.25, -0.2) is 4.79 Å². The van der Waals surface area contributed by atoms with Gasteiger partial charge in [0.25, 0.3) is 0 Å². The predicted octanol–water partition coefficient (Wildman–Crippen LogP) is 6.79. The molecule has 0 bridgehead atoms. The third-order valence-corrected chi connectivity index (χ3v) is 5.97. The molecule has 1 aliphatic rings. The molecule has 0 amide bonds. The van der Waals surface area contributed by atoms with Crippen LogP contribution in [-0.4, -0.2) is 36.9 Å². The lowest BCUT2D eigenvalue weighted by Gasteiger charge is -2.23. The second kappa shape index (κ2) is 12.2. The zero-order valence-corrected chi connectivity index (χ0v) is 21.3. The Labute approximate surface area is 216 Å². The second-order valence-corrected chi connectivity index (χ2v) is 8.23. The van der Waals surface area contributed by atoms with Crippen LogP contribution in [-0.2, 0) is 9.47 Å². The number of carbonyl (C=O) groups excluding carboxylic acids is 1. The molecule has 1 fully saturated rings. The number of esters is 1. The van der Waals surface area contributed by atoms with Crippen molar-refractivity contribution in [3.05, 3.63) is 71.9 Å². The van der Waals surface area contributed by atoms with E-state index < -0.39 is 0 Å². The van der Waals surface area contributed by atoms with Crippen LogP contribution in [0.3, 0.4) is 0 Å². The number of pyridine rings is 1. The van der Waals surface area contributed by atoms with E-state index in [1.54, 1.807) is 25.3 Å². The van der Waals surface area contributed by atoms with Crippen molar-refractivity contribution in [3.63, 3.8) is 0 Å². The zero-order valence-electron chi connectivity index (χ0n) is 21.3. The number of rotatable bonds is 6. The molecule has 0 N–H and O–H groups in total. The third-order valence-electron chi connectivity index (χ3n) is 5.97. The van der Waals surface area contributed by atoms with Crippen molar-refractivity contribution in [2.75, 3.05) is 19.8 Å². The SMILES string of the molecule is CC.CCOC(=O)c1ccc(-c2cc3nccc(-c4ccc(OC5CCOCC5)c(C#N)c4)c3o2)cc1. The van der Waals surface area contributed by atoms with Gasteiger partial charge in [0.1, 0.15) is 29.2 Å². The summed E-state index contributed by atoms with van der Waals surface area (Å²) >= 11 is 0. The Balaban J connectivity index is 0.00000156. The van der Waals surface area contributed by atoms with E-state index in [2.05, 4.69) is 11.1 Å². The molecule has 0 spiro atoms. The van der Waals surface area contributed by atoms with Crippen LogP contribution < -0.4 is 4.74 Å². The molecule has 190 valence electrons. The molecule has 4 aromatic rings. The predicted molar refractivity (Wildman–Crippen MR) is 141 cm³/mol. The van der Waals surface area contributed by atoms with Gasteiger partial charge in [0.05, 0.1) is 30.9 Å². The van der Waals surface area contributed by atoms with Gasteiger partial charge in [0.2, 0.25) is 0 Å². The molecule has 0 aliphatic carbocycles. The van der Waals surface area contributed by atoms with E-state index in [1.807, 2.05) is 56.3 Å². The molecule has 37 heavy (non-hydrogen) atoms. The molecule has 0 saturated carbocycles. The molecule has 0 unspecified atom stereocenters. The molecular weight excluding hydrogens is 468 g/mol. The Bertz CT molecular complexity index is 1400. The van der Waals surface area contributed by atoms with Crippen molar-refractivity contribution in [1.82, 2.24) is 4.98 Å². The van der Waals surface area contributed by atoms with Crippen molar-refractivity contribution < 1.29 is 23.4 Å². The number of hydrogen-bond acceptors (Lipinski definition) is 7. The van der Waals surface area contributed by atoms with Crippen LogP contribution in [0.15, 0.2) is 65.2 Å². The normalized spacial score (nSPS) is 13.4. The number of ether oxygens (including phenoxy) is 3. The average molecular weight is 499 g/mol. The van der Waals surface area contributed by atoms with Crippen molar-refractivity contribution >= 4 is 17.1 Å². The van der Waals surface area contributed by atoms with Crippen molar-refractivity contribution in [3.8, 4) is 34.3 Å². The maximum atomic E-state index is 11.9. The second-order valence-electron chi connectivity index (χ2n) is 8.23. The lowest BCUT2D eigenvalue weighted by molar-refractivity contribution is 0.0254. The van der Waals surface area contributed by atoms with E-state index in [1.165, 1.54) is 0 Å². The van der Waals surface area contributed by atoms with E-state index in [9.17, 15) is 10.1 Å². The smallest absolute Gasteiger partial charge is 0.338 e. The Hall–Kier alpha value is -4.15. The summed E-state index contributed by atoms with van der Waals surface area (Å²) < 4.78 is 22.7. The summed E-state index contributed by atoms with van der Waals surface area (Å²) in [7, 11) is 0.